The van der Waals surface area contributed by atoms with Crippen molar-refractivity contribution in [1.82, 2.24) is 19.8 Å². The molecular weight excluding hydrogens is 367 g/mol. The van der Waals surface area contributed by atoms with Gasteiger partial charge in [-0.2, -0.15) is 9.61 Å². The van der Waals surface area contributed by atoms with E-state index in [9.17, 15) is 4.39 Å². The molecule has 0 N–H and O–H groups in total. The molecule has 0 fully saturated rings. The Labute approximate surface area is 159 Å². The van der Waals surface area contributed by atoms with Crippen molar-refractivity contribution < 1.29 is 13.9 Å². The summed E-state index contributed by atoms with van der Waals surface area (Å²) in [4.78, 5) is 0.691. The number of fused-ring (bicyclic) bond motifs is 1. The Morgan fingerprint density at radius 1 is 1.00 bits per heavy atom. The minimum absolute atomic E-state index is 0.255. The predicted molar refractivity (Wildman–Crippen MR) is 100 cm³/mol. The molecule has 138 valence electrons. The van der Waals surface area contributed by atoms with Gasteiger partial charge in [-0.1, -0.05) is 35.6 Å². The molecule has 0 amide bonds. The largest absolute Gasteiger partial charge is 0.493 e. The molecule has 0 aliphatic heterocycles. The first-order chi connectivity index (χ1) is 13.2. The number of aromatic nitrogens is 4. The third-order valence-electron chi connectivity index (χ3n) is 4.21. The molecule has 0 aliphatic rings. The molecule has 27 heavy (non-hydrogen) atoms. The van der Waals surface area contributed by atoms with E-state index < -0.39 is 0 Å². The van der Waals surface area contributed by atoms with E-state index in [-0.39, 0.29) is 5.82 Å². The van der Waals surface area contributed by atoms with E-state index >= 15 is 0 Å². The van der Waals surface area contributed by atoms with Crippen LogP contribution in [-0.4, -0.2) is 34.0 Å². The predicted octanol–water partition coefficient (Wildman–Crippen LogP) is 3.52. The van der Waals surface area contributed by atoms with Crippen molar-refractivity contribution >= 4 is 16.3 Å². The summed E-state index contributed by atoms with van der Waals surface area (Å²) in [7, 11) is 3.22. The number of ether oxygens (including phenoxy) is 2. The Morgan fingerprint density at radius 3 is 2.59 bits per heavy atom. The second-order valence-corrected chi connectivity index (χ2v) is 6.98. The molecule has 2 aromatic heterocycles. The molecule has 0 spiro atoms. The van der Waals surface area contributed by atoms with Gasteiger partial charge in [-0.05, 0) is 29.3 Å². The van der Waals surface area contributed by atoms with Crippen molar-refractivity contribution in [3.63, 3.8) is 0 Å². The highest BCUT2D eigenvalue weighted by atomic mass is 32.1. The number of nitrogens with zero attached hydrogens (tertiary/aromatic N) is 4. The Bertz CT molecular complexity index is 1090. The van der Waals surface area contributed by atoms with Crippen molar-refractivity contribution in [2.45, 2.75) is 12.8 Å². The van der Waals surface area contributed by atoms with Gasteiger partial charge in [0.1, 0.15) is 10.8 Å². The van der Waals surface area contributed by atoms with Gasteiger partial charge < -0.3 is 9.47 Å². The highest BCUT2D eigenvalue weighted by Gasteiger charge is 2.15. The monoisotopic (exact) mass is 384 g/mol. The van der Waals surface area contributed by atoms with Crippen LogP contribution in [0, 0.1) is 5.82 Å². The zero-order valence-electron chi connectivity index (χ0n) is 14.8. The zero-order chi connectivity index (χ0) is 18.8. The Balaban J connectivity index is 1.59. The molecule has 2 aromatic carbocycles. The molecular formula is C19H17FN4O2S. The minimum Gasteiger partial charge on any atom is -0.493 e. The Morgan fingerprint density at radius 2 is 1.81 bits per heavy atom. The van der Waals surface area contributed by atoms with Crippen molar-refractivity contribution in [3.8, 4) is 11.5 Å². The zero-order valence-corrected chi connectivity index (χ0v) is 15.7. The van der Waals surface area contributed by atoms with Gasteiger partial charge in [0.25, 0.3) is 0 Å². The van der Waals surface area contributed by atoms with Gasteiger partial charge in [0, 0.05) is 12.8 Å². The van der Waals surface area contributed by atoms with Gasteiger partial charge in [-0.3, -0.25) is 0 Å². The van der Waals surface area contributed by atoms with Crippen LogP contribution >= 0.6 is 11.3 Å². The third-order valence-corrected chi connectivity index (χ3v) is 5.11. The van der Waals surface area contributed by atoms with Gasteiger partial charge >= 0.3 is 0 Å². The van der Waals surface area contributed by atoms with Gasteiger partial charge in [-0.25, -0.2) is 4.39 Å². The molecule has 0 saturated carbocycles. The summed E-state index contributed by atoms with van der Waals surface area (Å²) < 4.78 is 26.2. The minimum atomic E-state index is -0.255. The van der Waals surface area contributed by atoms with E-state index in [4.69, 9.17) is 9.47 Å². The van der Waals surface area contributed by atoms with Crippen LogP contribution in [0.2, 0.25) is 0 Å². The summed E-state index contributed by atoms with van der Waals surface area (Å²) in [5.41, 5.74) is 1.62. The van der Waals surface area contributed by atoms with Crippen molar-refractivity contribution in [3.05, 3.63) is 70.2 Å². The molecule has 0 radical (unpaired) electrons. The van der Waals surface area contributed by atoms with E-state index in [1.165, 1.54) is 17.4 Å². The second kappa shape index (κ2) is 7.32. The SMILES string of the molecule is COc1ccc(Cc2nn3c(Cc4ccccc4F)nnc3s2)cc1OC. The number of halogens is 1. The van der Waals surface area contributed by atoms with Gasteiger partial charge in [0.15, 0.2) is 17.3 Å². The molecule has 4 aromatic rings. The summed E-state index contributed by atoms with van der Waals surface area (Å²) in [5.74, 6) is 1.73. The molecule has 0 bridgehead atoms. The van der Waals surface area contributed by atoms with Crippen LogP contribution in [-0.2, 0) is 12.8 Å². The van der Waals surface area contributed by atoms with Crippen LogP contribution in [0.3, 0.4) is 0 Å². The van der Waals surface area contributed by atoms with Crippen molar-refractivity contribution in [2.24, 2.45) is 0 Å². The number of benzene rings is 2. The first-order valence-corrected chi connectivity index (χ1v) is 9.14. The topological polar surface area (TPSA) is 61.5 Å². The lowest BCUT2D eigenvalue weighted by Crippen LogP contribution is -2.00. The highest BCUT2D eigenvalue weighted by molar-refractivity contribution is 7.16. The Hall–Kier alpha value is -3.00. The van der Waals surface area contributed by atoms with E-state index in [0.29, 0.717) is 40.7 Å². The maximum atomic E-state index is 13.9. The van der Waals surface area contributed by atoms with E-state index in [0.717, 1.165) is 10.6 Å². The number of hydrogen-bond donors (Lipinski definition) is 0. The molecule has 8 heteroatoms. The number of methoxy groups -OCH3 is 2. The maximum Gasteiger partial charge on any atom is 0.234 e. The van der Waals surface area contributed by atoms with E-state index in [1.807, 2.05) is 18.2 Å². The third kappa shape index (κ3) is 3.48. The standard InChI is InChI=1S/C19H17FN4O2S/c1-25-15-8-7-12(9-16(15)26-2)10-18-23-24-17(21-22-19(24)27-18)11-13-5-3-4-6-14(13)20/h3-9H,10-11H2,1-2H3. The van der Waals surface area contributed by atoms with Gasteiger partial charge in [-0.15, -0.1) is 10.2 Å². The van der Waals surface area contributed by atoms with Gasteiger partial charge in [0.2, 0.25) is 4.96 Å². The second-order valence-electron chi connectivity index (χ2n) is 5.94. The first kappa shape index (κ1) is 17.4. The van der Waals surface area contributed by atoms with E-state index in [2.05, 4.69) is 15.3 Å². The smallest absolute Gasteiger partial charge is 0.234 e. The summed E-state index contributed by atoms with van der Waals surface area (Å²) in [6.07, 6.45) is 0.973. The highest BCUT2D eigenvalue weighted by Crippen LogP contribution is 2.29. The van der Waals surface area contributed by atoms with Crippen LogP contribution < -0.4 is 9.47 Å². The lowest BCUT2D eigenvalue weighted by molar-refractivity contribution is 0.354. The summed E-state index contributed by atoms with van der Waals surface area (Å²) >= 11 is 1.46. The van der Waals surface area contributed by atoms with Crippen LogP contribution in [0.5, 0.6) is 11.5 Å². The Kier molecular flexibility index (Phi) is 4.72. The molecule has 0 aliphatic carbocycles. The number of hydrogen-bond acceptors (Lipinski definition) is 6. The quantitative estimate of drug-likeness (QED) is 0.509. The molecule has 4 rings (SSSR count). The van der Waals surface area contributed by atoms with Crippen molar-refractivity contribution in [1.29, 1.82) is 0 Å². The maximum absolute atomic E-state index is 13.9. The molecule has 0 unspecified atom stereocenters. The van der Waals surface area contributed by atoms with Crippen molar-refractivity contribution in [2.75, 3.05) is 14.2 Å². The van der Waals surface area contributed by atoms with Crippen LogP contribution in [0.4, 0.5) is 4.39 Å². The van der Waals surface area contributed by atoms with E-state index in [1.54, 1.807) is 36.9 Å². The van der Waals surface area contributed by atoms with Crippen LogP contribution in [0.1, 0.15) is 22.0 Å². The fourth-order valence-electron chi connectivity index (χ4n) is 2.86. The summed E-state index contributed by atoms with van der Waals surface area (Å²) in [6.45, 7) is 0. The normalized spacial score (nSPS) is 11.1. The summed E-state index contributed by atoms with van der Waals surface area (Å²) in [5, 5.41) is 13.8. The molecule has 2 heterocycles. The molecule has 0 atom stereocenters. The average Bonchev–Trinajstić information content (AvgIpc) is 3.24. The fraction of sp³-hybridized carbons (Fsp3) is 0.211. The lowest BCUT2D eigenvalue weighted by atomic mass is 10.1. The number of rotatable bonds is 6. The fourth-order valence-corrected chi connectivity index (χ4v) is 3.74. The average molecular weight is 384 g/mol. The van der Waals surface area contributed by atoms with Crippen LogP contribution in [0.25, 0.3) is 4.96 Å². The van der Waals surface area contributed by atoms with Crippen LogP contribution in [0.15, 0.2) is 42.5 Å². The molecule has 0 saturated heterocycles. The summed E-state index contributed by atoms with van der Waals surface area (Å²) in [6, 6.07) is 12.4. The molecule has 6 nitrogen and oxygen atoms in total. The first-order valence-electron chi connectivity index (χ1n) is 8.32. The lowest BCUT2D eigenvalue weighted by Gasteiger charge is -2.08. The van der Waals surface area contributed by atoms with Gasteiger partial charge in [0.05, 0.1) is 14.2 Å².